The molecule has 104 valence electrons. The summed E-state index contributed by atoms with van der Waals surface area (Å²) >= 11 is 0. The summed E-state index contributed by atoms with van der Waals surface area (Å²) < 4.78 is 0. The molecule has 0 spiro atoms. The summed E-state index contributed by atoms with van der Waals surface area (Å²) in [5.74, 6) is -0.139. The van der Waals surface area contributed by atoms with Gasteiger partial charge in [-0.1, -0.05) is 37.5 Å². The Morgan fingerprint density at radius 3 is 2.58 bits per heavy atom. The monoisotopic (exact) mass is 262 g/mol. The molecule has 1 aliphatic rings. The van der Waals surface area contributed by atoms with Gasteiger partial charge >= 0.3 is 0 Å². The number of nitrogens with two attached hydrogens (primary N) is 1. The lowest BCUT2D eigenvalue weighted by Gasteiger charge is -2.32. The van der Waals surface area contributed by atoms with E-state index in [2.05, 4.69) is 5.32 Å². The van der Waals surface area contributed by atoms with Crippen molar-refractivity contribution in [3.8, 4) is 0 Å². The van der Waals surface area contributed by atoms with Crippen LogP contribution in [0.15, 0.2) is 24.3 Å². The van der Waals surface area contributed by atoms with E-state index >= 15 is 0 Å². The summed E-state index contributed by atoms with van der Waals surface area (Å²) in [6.07, 6.45) is 4.00. The van der Waals surface area contributed by atoms with Crippen molar-refractivity contribution in [3.05, 3.63) is 29.8 Å². The minimum absolute atomic E-state index is 0.139. The van der Waals surface area contributed by atoms with E-state index in [0.29, 0.717) is 5.69 Å². The van der Waals surface area contributed by atoms with Gasteiger partial charge in [-0.2, -0.15) is 0 Å². The van der Waals surface area contributed by atoms with Gasteiger partial charge in [0.15, 0.2) is 0 Å². The van der Waals surface area contributed by atoms with Crippen LogP contribution in [-0.4, -0.2) is 16.6 Å². The summed E-state index contributed by atoms with van der Waals surface area (Å²) in [5, 5.41) is 12.6. The molecule has 1 amide bonds. The number of hydrogen-bond donors (Lipinski definition) is 3. The van der Waals surface area contributed by atoms with Gasteiger partial charge < -0.3 is 16.2 Å². The Morgan fingerprint density at radius 2 is 1.95 bits per heavy atom. The molecule has 4 N–H and O–H groups in total. The third-order valence-corrected chi connectivity index (χ3v) is 3.86. The van der Waals surface area contributed by atoms with Crippen LogP contribution in [0.2, 0.25) is 0 Å². The Labute approximate surface area is 114 Å². The highest BCUT2D eigenvalue weighted by molar-refractivity contribution is 5.98. The molecule has 2 rings (SSSR count). The summed E-state index contributed by atoms with van der Waals surface area (Å²) in [6, 6.07) is 7.29. The first-order chi connectivity index (χ1) is 9.03. The maximum absolute atomic E-state index is 12.3. The molecule has 1 unspecified atom stereocenters. The number of rotatable bonds is 3. The Hall–Kier alpha value is -1.39. The van der Waals surface area contributed by atoms with Crippen molar-refractivity contribution < 1.29 is 9.90 Å². The van der Waals surface area contributed by atoms with Crippen LogP contribution in [0.1, 0.15) is 50.7 Å². The van der Waals surface area contributed by atoms with Crippen LogP contribution in [0.4, 0.5) is 5.69 Å². The molecule has 1 fully saturated rings. The summed E-state index contributed by atoms with van der Waals surface area (Å²) in [4.78, 5) is 12.3. The lowest BCUT2D eigenvalue weighted by molar-refractivity contribution is -0.122. The maximum atomic E-state index is 12.3. The van der Waals surface area contributed by atoms with E-state index in [1.807, 2.05) is 18.2 Å². The molecule has 0 saturated heterocycles. The first kappa shape index (κ1) is 14.0. The Morgan fingerprint density at radius 1 is 1.32 bits per heavy atom. The summed E-state index contributed by atoms with van der Waals surface area (Å²) in [7, 11) is 0. The van der Waals surface area contributed by atoms with Gasteiger partial charge in [-0.25, -0.2) is 0 Å². The molecule has 0 heterocycles. The SMILES string of the molecule is CC(O)c1ccccc1NC(=O)C1(N)CCCCC1. The van der Waals surface area contributed by atoms with Crippen LogP contribution >= 0.6 is 0 Å². The number of nitrogens with one attached hydrogen (secondary N) is 1. The molecule has 4 heteroatoms. The molecule has 0 bridgehead atoms. The lowest BCUT2D eigenvalue weighted by atomic mass is 9.82. The van der Waals surface area contributed by atoms with Crippen molar-refractivity contribution in [1.82, 2.24) is 0 Å². The van der Waals surface area contributed by atoms with Crippen molar-refractivity contribution in [1.29, 1.82) is 0 Å². The summed E-state index contributed by atoms with van der Waals surface area (Å²) in [5.41, 5.74) is 6.81. The third-order valence-electron chi connectivity index (χ3n) is 3.86. The van der Waals surface area contributed by atoms with E-state index in [1.165, 1.54) is 0 Å². The minimum atomic E-state index is -0.760. The topological polar surface area (TPSA) is 75.3 Å². The Bertz CT molecular complexity index is 451. The number of para-hydroxylation sites is 1. The molecule has 1 aliphatic carbocycles. The molecule has 0 aromatic heterocycles. The first-order valence-corrected chi connectivity index (χ1v) is 6.90. The molecule has 19 heavy (non-hydrogen) atoms. The second-order valence-corrected chi connectivity index (χ2v) is 5.43. The largest absolute Gasteiger partial charge is 0.389 e. The van der Waals surface area contributed by atoms with E-state index in [1.54, 1.807) is 13.0 Å². The average molecular weight is 262 g/mol. The van der Waals surface area contributed by atoms with Gasteiger partial charge in [0, 0.05) is 11.3 Å². The zero-order valence-electron chi connectivity index (χ0n) is 11.4. The van der Waals surface area contributed by atoms with Crippen LogP contribution in [0.25, 0.3) is 0 Å². The number of hydrogen-bond acceptors (Lipinski definition) is 3. The predicted molar refractivity (Wildman–Crippen MR) is 75.7 cm³/mol. The van der Waals surface area contributed by atoms with E-state index in [4.69, 9.17) is 5.73 Å². The third kappa shape index (κ3) is 3.14. The Balaban J connectivity index is 2.14. The number of aliphatic hydroxyl groups excluding tert-OH is 1. The molecular formula is C15H22N2O2. The number of aliphatic hydroxyl groups is 1. The van der Waals surface area contributed by atoms with Crippen LogP contribution in [-0.2, 0) is 4.79 Å². The lowest BCUT2D eigenvalue weighted by Crippen LogP contribution is -2.52. The van der Waals surface area contributed by atoms with Gasteiger partial charge in [-0.3, -0.25) is 4.79 Å². The van der Waals surface area contributed by atoms with Gasteiger partial charge in [-0.15, -0.1) is 0 Å². The number of carbonyl (C=O) groups excluding carboxylic acids is 1. The second-order valence-electron chi connectivity index (χ2n) is 5.43. The molecule has 0 aliphatic heterocycles. The second kappa shape index (κ2) is 5.72. The fraction of sp³-hybridized carbons (Fsp3) is 0.533. The summed E-state index contributed by atoms with van der Waals surface area (Å²) in [6.45, 7) is 1.68. The highest BCUT2D eigenvalue weighted by Crippen LogP contribution is 2.29. The Kier molecular flexibility index (Phi) is 4.22. The smallest absolute Gasteiger partial charge is 0.244 e. The quantitative estimate of drug-likeness (QED) is 0.782. The van der Waals surface area contributed by atoms with E-state index < -0.39 is 11.6 Å². The minimum Gasteiger partial charge on any atom is -0.389 e. The van der Waals surface area contributed by atoms with Crippen LogP contribution in [0.3, 0.4) is 0 Å². The number of amides is 1. The fourth-order valence-electron chi connectivity index (χ4n) is 2.63. The van der Waals surface area contributed by atoms with Crippen molar-refractivity contribution in [3.63, 3.8) is 0 Å². The zero-order chi connectivity index (χ0) is 13.9. The van der Waals surface area contributed by atoms with Gasteiger partial charge in [0.05, 0.1) is 11.6 Å². The van der Waals surface area contributed by atoms with Crippen molar-refractivity contribution in [2.75, 3.05) is 5.32 Å². The average Bonchev–Trinajstić information content (AvgIpc) is 2.40. The molecule has 1 aromatic carbocycles. The number of carbonyl (C=O) groups is 1. The molecular weight excluding hydrogens is 240 g/mol. The molecule has 0 radical (unpaired) electrons. The van der Waals surface area contributed by atoms with Gasteiger partial charge in [0.2, 0.25) is 5.91 Å². The predicted octanol–water partition coefficient (Wildman–Crippen LogP) is 2.34. The molecule has 1 atom stereocenters. The highest BCUT2D eigenvalue weighted by Gasteiger charge is 2.35. The van der Waals surface area contributed by atoms with Crippen molar-refractivity contribution in [2.24, 2.45) is 5.73 Å². The fourth-order valence-corrected chi connectivity index (χ4v) is 2.63. The van der Waals surface area contributed by atoms with E-state index in [0.717, 1.165) is 37.7 Å². The van der Waals surface area contributed by atoms with Crippen LogP contribution < -0.4 is 11.1 Å². The van der Waals surface area contributed by atoms with Gasteiger partial charge in [-0.05, 0) is 25.8 Å². The first-order valence-electron chi connectivity index (χ1n) is 6.90. The van der Waals surface area contributed by atoms with E-state index in [-0.39, 0.29) is 5.91 Å². The van der Waals surface area contributed by atoms with Crippen LogP contribution in [0.5, 0.6) is 0 Å². The van der Waals surface area contributed by atoms with E-state index in [9.17, 15) is 9.90 Å². The van der Waals surface area contributed by atoms with Gasteiger partial charge in [0.1, 0.15) is 0 Å². The number of anilines is 1. The molecule has 4 nitrogen and oxygen atoms in total. The molecule has 1 aromatic rings. The number of benzene rings is 1. The van der Waals surface area contributed by atoms with Crippen molar-refractivity contribution in [2.45, 2.75) is 50.7 Å². The molecule has 1 saturated carbocycles. The standard InChI is InChI=1S/C15H22N2O2/c1-11(18)12-7-3-4-8-13(12)17-14(19)15(16)9-5-2-6-10-15/h3-4,7-8,11,18H,2,5-6,9-10,16H2,1H3,(H,17,19). The van der Waals surface area contributed by atoms with Crippen molar-refractivity contribution >= 4 is 11.6 Å². The zero-order valence-corrected chi connectivity index (χ0v) is 11.4. The van der Waals surface area contributed by atoms with Gasteiger partial charge in [0.25, 0.3) is 0 Å². The normalized spacial score (nSPS) is 19.7. The highest BCUT2D eigenvalue weighted by atomic mass is 16.3. The maximum Gasteiger partial charge on any atom is 0.244 e. The van der Waals surface area contributed by atoms with Crippen LogP contribution in [0, 0.1) is 0 Å².